The maximum atomic E-state index is 10.8. The molecule has 0 radical (unpaired) electrons. The van der Waals surface area contributed by atoms with Gasteiger partial charge in [-0.05, 0) is 6.92 Å². The average molecular weight is 286 g/mol. The van der Waals surface area contributed by atoms with E-state index in [0.717, 1.165) is 11.5 Å². The summed E-state index contributed by atoms with van der Waals surface area (Å²) in [6.45, 7) is 2.94. The molecule has 0 unspecified atom stereocenters. The molecule has 0 spiro atoms. The van der Waals surface area contributed by atoms with Gasteiger partial charge in [0.15, 0.2) is 5.82 Å². The van der Waals surface area contributed by atoms with Crippen molar-refractivity contribution in [2.75, 3.05) is 18.0 Å². The molecule has 7 nitrogen and oxygen atoms in total. The number of hydrogen-bond acceptors (Lipinski definition) is 6. The summed E-state index contributed by atoms with van der Waals surface area (Å²) < 4.78 is 0. The number of aliphatic hydroxyl groups excluding tert-OH is 1. The van der Waals surface area contributed by atoms with Crippen LogP contribution < -0.4 is 4.90 Å². The van der Waals surface area contributed by atoms with Crippen molar-refractivity contribution >= 4 is 11.5 Å². The Balaban J connectivity index is 1.98. The van der Waals surface area contributed by atoms with Crippen LogP contribution >= 0.6 is 0 Å². The van der Waals surface area contributed by atoms with Gasteiger partial charge in [-0.15, -0.1) is 0 Å². The predicted octanol–water partition coefficient (Wildman–Crippen LogP) is 1.54. The van der Waals surface area contributed by atoms with E-state index in [2.05, 4.69) is 9.97 Å². The van der Waals surface area contributed by atoms with Crippen molar-refractivity contribution in [1.82, 2.24) is 9.97 Å². The van der Waals surface area contributed by atoms with Gasteiger partial charge in [0.05, 0.1) is 11.0 Å². The number of non-ortho nitro benzene ring substituents is 1. The first-order valence-corrected chi connectivity index (χ1v) is 6.56. The molecular weight excluding hydrogens is 272 g/mol. The lowest BCUT2D eigenvalue weighted by molar-refractivity contribution is -0.384. The quantitative estimate of drug-likeness (QED) is 0.679. The molecule has 7 heteroatoms. The van der Waals surface area contributed by atoms with E-state index in [-0.39, 0.29) is 11.8 Å². The van der Waals surface area contributed by atoms with E-state index in [1.54, 1.807) is 12.1 Å². The Kier molecular flexibility index (Phi) is 3.26. The SMILES string of the molecule is Cc1cc(N2CC(O)C2)nc(-c2cccc([N+](=O)[O-])c2)n1. The smallest absolute Gasteiger partial charge is 0.270 e. The van der Waals surface area contributed by atoms with Crippen molar-refractivity contribution in [1.29, 1.82) is 0 Å². The number of aromatic nitrogens is 2. The molecule has 0 aliphatic carbocycles. The van der Waals surface area contributed by atoms with Crippen molar-refractivity contribution in [3.05, 3.63) is 46.1 Å². The van der Waals surface area contributed by atoms with Gasteiger partial charge in [0.25, 0.3) is 5.69 Å². The summed E-state index contributed by atoms with van der Waals surface area (Å²) in [5.74, 6) is 1.18. The highest BCUT2D eigenvalue weighted by atomic mass is 16.6. The predicted molar refractivity (Wildman–Crippen MR) is 77.1 cm³/mol. The lowest BCUT2D eigenvalue weighted by Gasteiger charge is -2.37. The second-order valence-corrected chi connectivity index (χ2v) is 5.06. The van der Waals surface area contributed by atoms with Gasteiger partial charge in [0, 0.05) is 42.5 Å². The molecule has 21 heavy (non-hydrogen) atoms. The standard InChI is InChI=1S/C14H14N4O3/c1-9-5-13(17-7-12(19)8-17)16-14(15-9)10-3-2-4-11(6-10)18(20)21/h2-6,12,19H,7-8H2,1H3. The zero-order valence-electron chi connectivity index (χ0n) is 11.4. The fourth-order valence-electron chi connectivity index (χ4n) is 2.24. The number of rotatable bonds is 3. The van der Waals surface area contributed by atoms with Crippen LogP contribution in [0.4, 0.5) is 11.5 Å². The molecule has 1 aliphatic heterocycles. The minimum Gasteiger partial charge on any atom is -0.389 e. The Morgan fingerprint density at radius 1 is 1.33 bits per heavy atom. The van der Waals surface area contributed by atoms with Crippen molar-refractivity contribution in [3.63, 3.8) is 0 Å². The van der Waals surface area contributed by atoms with E-state index < -0.39 is 4.92 Å². The maximum absolute atomic E-state index is 10.8. The molecule has 1 N–H and O–H groups in total. The lowest BCUT2D eigenvalue weighted by Crippen LogP contribution is -2.51. The van der Waals surface area contributed by atoms with Gasteiger partial charge in [0.1, 0.15) is 5.82 Å². The molecule has 0 bridgehead atoms. The summed E-state index contributed by atoms with van der Waals surface area (Å²) >= 11 is 0. The second-order valence-electron chi connectivity index (χ2n) is 5.06. The largest absolute Gasteiger partial charge is 0.389 e. The molecule has 1 aliphatic rings. The lowest BCUT2D eigenvalue weighted by atomic mass is 10.1. The molecule has 1 fully saturated rings. The minimum atomic E-state index is -0.438. The van der Waals surface area contributed by atoms with Gasteiger partial charge in [-0.2, -0.15) is 0 Å². The summed E-state index contributed by atoms with van der Waals surface area (Å²) in [6.07, 6.45) is -0.318. The van der Waals surface area contributed by atoms with Crippen LogP contribution in [0.25, 0.3) is 11.4 Å². The molecular formula is C14H14N4O3. The summed E-state index contributed by atoms with van der Waals surface area (Å²) in [6, 6.07) is 8.10. The minimum absolute atomic E-state index is 0.0125. The first-order chi connectivity index (χ1) is 10.0. The molecule has 3 rings (SSSR count). The summed E-state index contributed by atoms with van der Waals surface area (Å²) in [4.78, 5) is 21.1. The van der Waals surface area contributed by atoms with Crippen molar-refractivity contribution in [2.45, 2.75) is 13.0 Å². The second kappa shape index (κ2) is 5.10. The van der Waals surface area contributed by atoms with Crippen LogP contribution in [-0.2, 0) is 0 Å². The Hall–Kier alpha value is -2.54. The fraction of sp³-hybridized carbons (Fsp3) is 0.286. The maximum Gasteiger partial charge on any atom is 0.270 e. The molecule has 2 aromatic rings. The zero-order chi connectivity index (χ0) is 15.0. The monoisotopic (exact) mass is 286 g/mol. The highest BCUT2D eigenvalue weighted by Crippen LogP contribution is 2.25. The number of anilines is 1. The highest BCUT2D eigenvalue weighted by Gasteiger charge is 2.26. The van der Waals surface area contributed by atoms with Crippen LogP contribution in [0.1, 0.15) is 5.69 Å². The molecule has 1 aromatic carbocycles. The van der Waals surface area contributed by atoms with Crippen LogP contribution in [0.2, 0.25) is 0 Å². The zero-order valence-corrected chi connectivity index (χ0v) is 11.4. The first kappa shape index (κ1) is 13.4. The van der Waals surface area contributed by atoms with Gasteiger partial charge in [-0.1, -0.05) is 12.1 Å². The van der Waals surface area contributed by atoms with Gasteiger partial charge in [-0.3, -0.25) is 10.1 Å². The Bertz CT molecular complexity index is 698. The topological polar surface area (TPSA) is 92.4 Å². The van der Waals surface area contributed by atoms with Crippen LogP contribution in [-0.4, -0.2) is 39.2 Å². The van der Waals surface area contributed by atoms with Crippen LogP contribution in [0.3, 0.4) is 0 Å². The average Bonchev–Trinajstić information content (AvgIpc) is 2.43. The van der Waals surface area contributed by atoms with E-state index in [9.17, 15) is 15.2 Å². The van der Waals surface area contributed by atoms with Crippen molar-refractivity contribution in [3.8, 4) is 11.4 Å². The van der Waals surface area contributed by atoms with Gasteiger partial charge < -0.3 is 10.0 Å². The fourth-order valence-corrected chi connectivity index (χ4v) is 2.24. The Morgan fingerprint density at radius 3 is 2.76 bits per heavy atom. The number of nitrogens with zero attached hydrogens (tertiary/aromatic N) is 4. The van der Waals surface area contributed by atoms with Gasteiger partial charge in [0.2, 0.25) is 0 Å². The third-order valence-corrected chi connectivity index (χ3v) is 3.34. The number of aryl methyl sites for hydroxylation is 1. The molecule has 2 heterocycles. The Morgan fingerprint density at radius 2 is 2.10 bits per heavy atom. The molecule has 1 aromatic heterocycles. The molecule has 0 saturated carbocycles. The number of β-amino-alcohol motifs (C(OH)–C–C–N with tert-alkyl or cyclic N) is 1. The summed E-state index contributed by atoms with van der Waals surface area (Å²) in [5.41, 5.74) is 1.40. The highest BCUT2D eigenvalue weighted by molar-refractivity contribution is 5.61. The number of nitro groups is 1. The van der Waals surface area contributed by atoms with E-state index in [1.165, 1.54) is 12.1 Å². The van der Waals surface area contributed by atoms with Crippen molar-refractivity contribution in [2.24, 2.45) is 0 Å². The van der Waals surface area contributed by atoms with E-state index in [1.807, 2.05) is 17.9 Å². The number of aliphatic hydroxyl groups is 1. The summed E-state index contributed by atoms with van der Waals surface area (Å²) in [7, 11) is 0. The third kappa shape index (κ3) is 2.68. The van der Waals surface area contributed by atoms with E-state index in [4.69, 9.17) is 0 Å². The molecule has 0 amide bonds. The van der Waals surface area contributed by atoms with Gasteiger partial charge in [-0.25, -0.2) is 9.97 Å². The first-order valence-electron chi connectivity index (χ1n) is 6.56. The van der Waals surface area contributed by atoms with E-state index >= 15 is 0 Å². The number of benzene rings is 1. The van der Waals surface area contributed by atoms with Crippen LogP contribution in [0, 0.1) is 17.0 Å². The van der Waals surface area contributed by atoms with Crippen LogP contribution in [0.15, 0.2) is 30.3 Å². The normalized spacial score (nSPS) is 14.9. The number of nitro benzene ring substituents is 1. The summed E-state index contributed by atoms with van der Waals surface area (Å²) in [5, 5.41) is 20.2. The van der Waals surface area contributed by atoms with Crippen molar-refractivity contribution < 1.29 is 10.0 Å². The number of hydrogen-bond donors (Lipinski definition) is 1. The Labute approximate surface area is 121 Å². The van der Waals surface area contributed by atoms with Crippen LogP contribution in [0.5, 0.6) is 0 Å². The third-order valence-electron chi connectivity index (χ3n) is 3.34. The molecule has 0 atom stereocenters. The van der Waals surface area contributed by atoms with E-state index in [0.29, 0.717) is 24.5 Å². The molecule has 1 saturated heterocycles. The van der Waals surface area contributed by atoms with Gasteiger partial charge >= 0.3 is 0 Å². The molecule has 108 valence electrons.